The van der Waals surface area contributed by atoms with E-state index in [-0.39, 0.29) is 11.5 Å². The number of anilines is 1. The second-order valence-corrected chi connectivity index (χ2v) is 8.20. The minimum Gasteiger partial charge on any atom is -0.475 e. The fourth-order valence-electron chi connectivity index (χ4n) is 3.46. The first kappa shape index (κ1) is 23.9. The van der Waals surface area contributed by atoms with E-state index in [4.69, 9.17) is 14.6 Å². The quantitative estimate of drug-likeness (QED) is 0.708. The van der Waals surface area contributed by atoms with Gasteiger partial charge >= 0.3 is 12.1 Å². The molecule has 4 rings (SSSR count). The number of piperidine rings is 1. The summed E-state index contributed by atoms with van der Waals surface area (Å²) >= 11 is 1.45. The van der Waals surface area contributed by atoms with E-state index in [0.29, 0.717) is 25.4 Å². The number of amides is 1. The van der Waals surface area contributed by atoms with Crippen LogP contribution in [0, 0.1) is 6.92 Å². The molecule has 2 saturated heterocycles. The summed E-state index contributed by atoms with van der Waals surface area (Å²) in [6, 6.07) is 0. The molecule has 1 amide bonds. The number of rotatable bonds is 2. The van der Waals surface area contributed by atoms with Gasteiger partial charge in [0.15, 0.2) is 0 Å². The average molecular weight is 473 g/mol. The molecule has 4 heterocycles. The first-order valence-electron chi connectivity index (χ1n) is 9.75. The fraction of sp³-hybridized carbons (Fsp3) is 0.526. The van der Waals surface area contributed by atoms with Crippen molar-refractivity contribution in [1.29, 1.82) is 0 Å². The second-order valence-electron chi connectivity index (χ2n) is 7.48. The van der Waals surface area contributed by atoms with E-state index in [1.54, 1.807) is 5.51 Å². The van der Waals surface area contributed by atoms with Crippen molar-refractivity contribution in [2.45, 2.75) is 31.5 Å². The first-order chi connectivity index (χ1) is 15.1. The van der Waals surface area contributed by atoms with Gasteiger partial charge in [0.25, 0.3) is 5.91 Å². The Balaban J connectivity index is 0.000000360. The number of aromatic nitrogens is 3. The van der Waals surface area contributed by atoms with Gasteiger partial charge in [-0.15, -0.1) is 11.3 Å². The number of ether oxygens (including phenoxy) is 1. The molecular weight excluding hydrogens is 451 g/mol. The zero-order valence-electron chi connectivity index (χ0n) is 17.2. The van der Waals surface area contributed by atoms with Crippen molar-refractivity contribution in [1.82, 2.24) is 19.9 Å². The highest BCUT2D eigenvalue weighted by Crippen LogP contribution is 2.31. The maximum absolute atomic E-state index is 12.6. The van der Waals surface area contributed by atoms with Crippen molar-refractivity contribution >= 4 is 29.2 Å². The highest BCUT2D eigenvalue weighted by atomic mass is 32.1. The molecule has 9 nitrogen and oxygen atoms in total. The van der Waals surface area contributed by atoms with E-state index in [0.717, 1.165) is 37.4 Å². The number of halogens is 3. The number of carbonyl (C=O) groups excluding carboxylic acids is 1. The number of hydrogen-bond acceptors (Lipinski definition) is 8. The summed E-state index contributed by atoms with van der Waals surface area (Å²) in [7, 11) is 0. The molecule has 2 aromatic heterocycles. The number of aryl methyl sites for hydroxylation is 1. The number of carbonyl (C=O) groups is 2. The molecule has 0 aliphatic carbocycles. The maximum atomic E-state index is 12.6. The van der Waals surface area contributed by atoms with Crippen LogP contribution in [0.3, 0.4) is 0 Å². The number of alkyl halides is 3. The highest BCUT2D eigenvalue weighted by Gasteiger charge is 2.42. The lowest BCUT2D eigenvalue weighted by Crippen LogP contribution is -2.58. The lowest BCUT2D eigenvalue weighted by Gasteiger charge is -2.47. The van der Waals surface area contributed by atoms with E-state index < -0.39 is 12.1 Å². The highest BCUT2D eigenvalue weighted by molar-refractivity contribution is 7.07. The monoisotopic (exact) mass is 473 g/mol. The van der Waals surface area contributed by atoms with Crippen LogP contribution in [0.5, 0.6) is 0 Å². The molecule has 32 heavy (non-hydrogen) atoms. The van der Waals surface area contributed by atoms with Crippen LogP contribution in [0.4, 0.5) is 19.1 Å². The summed E-state index contributed by atoms with van der Waals surface area (Å²) in [6.07, 6.45) is 0.340. The molecule has 2 aliphatic rings. The van der Waals surface area contributed by atoms with E-state index >= 15 is 0 Å². The Bertz CT molecular complexity index is 916. The van der Waals surface area contributed by atoms with E-state index in [2.05, 4.69) is 19.9 Å². The summed E-state index contributed by atoms with van der Waals surface area (Å²) in [4.78, 5) is 38.5. The first-order valence-corrected chi connectivity index (χ1v) is 10.7. The van der Waals surface area contributed by atoms with Gasteiger partial charge in [-0.1, -0.05) is 0 Å². The molecule has 1 N–H and O–H groups in total. The summed E-state index contributed by atoms with van der Waals surface area (Å²) in [5, 5.41) is 8.93. The van der Waals surface area contributed by atoms with Crippen LogP contribution in [-0.2, 0) is 9.53 Å². The lowest BCUT2D eigenvalue weighted by molar-refractivity contribution is -0.192. The Morgan fingerprint density at radius 2 is 1.78 bits per heavy atom. The molecule has 0 atom stereocenters. The third-order valence-electron chi connectivity index (χ3n) is 5.15. The van der Waals surface area contributed by atoms with Crippen molar-refractivity contribution in [2.75, 3.05) is 37.7 Å². The lowest BCUT2D eigenvalue weighted by atomic mass is 9.89. The Kier molecular flexibility index (Phi) is 7.29. The van der Waals surface area contributed by atoms with E-state index in [1.165, 1.54) is 11.3 Å². The molecular formula is C19H22F3N5O4S. The van der Waals surface area contributed by atoms with Crippen LogP contribution in [0.1, 0.15) is 28.9 Å². The minimum atomic E-state index is -5.08. The summed E-state index contributed by atoms with van der Waals surface area (Å²) in [5.41, 5.74) is 3.03. The Hall–Kier alpha value is -2.80. The van der Waals surface area contributed by atoms with Crippen LogP contribution in [0.15, 0.2) is 23.3 Å². The molecule has 2 fully saturated rings. The molecule has 0 bridgehead atoms. The summed E-state index contributed by atoms with van der Waals surface area (Å²) in [6.45, 7) is 5.49. The fourth-order valence-corrected chi connectivity index (χ4v) is 3.99. The van der Waals surface area contributed by atoms with Crippen molar-refractivity contribution in [3.05, 3.63) is 34.5 Å². The molecule has 0 saturated carbocycles. The van der Waals surface area contributed by atoms with Crippen molar-refractivity contribution < 1.29 is 32.6 Å². The second kappa shape index (κ2) is 9.77. The van der Waals surface area contributed by atoms with Gasteiger partial charge in [0.05, 0.1) is 24.3 Å². The van der Waals surface area contributed by atoms with Gasteiger partial charge in [-0.25, -0.2) is 19.7 Å². The Morgan fingerprint density at radius 3 is 2.31 bits per heavy atom. The topological polar surface area (TPSA) is 109 Å². The summed E-state index contributed by atoms with van der Waals surface area (Å²) in [5.74, 6) is -1.98. The molecule has 2 aliphatic heterocycles. The van der Waals surface area contributed by atoms with Gasteiger partial charge in [-0.3, -0.25) is 4.79 Å². The van der Waals surface area contributed by atoms with Gasteiger partial charge in [0.1, 0.15) is 5.69 Å². The molecule has 0 unspecified atom stereocenters. The number of carboxylic acid groups (broad SMARTS) is 1. The number of hydrogen-bond donors (Lipinski definition) is 1. The number of thiazole rings is 1. The Labute approximate surface area is 185 Å². The molecule has 2 aromatic rings. The number of carboxylic acids is 1. The largest absolute Gasteiger partial charge is 0.490 e. The maximum Gasteiger partial charge on any atom is 0.490 e. The average Bonchev–Trinajstić information content (AvgIpc) is 3.29. The molecule has 174 valence electrons. The zero-order chi connectivity index (χ0) is 23.4. The van der Waals surface area contributed by atoms with E-state index in [1.807, 2.05) is 29.6 Å². The van der Waals surface area contributed by atoms with Gasteiger partial charge in [0, 0.05) is 37.4 Å². The van der Waals surface area contributed by atoms with Crippen LogP contribution < -0.4 is 4.90 Å². The van der Waals surface area contributed by atoms with Crippen LogP contribution in [0.2, 0.25) is 0 Å². The van der Waals surface area contributed by atoms with Crippen LogP contribution in [0.25, 0.3) is 0 Å². The predicted molar refractivity (Wildman–Crippen MR) is 109 cm³/mol. The van der Waals surface area contributed by atoms with E-state index in [9.17, 15) is 18.0 Å². The number of morpholine rings is 1. The smallest absolute Gasteiger partial charge is 0.475 e. The SMILES string of the molecule is Cc1cnc(N2CCC3(CC2)CN(C(=O)c2cscn2)CCO3)nc1.O=C(O)C(F)(F)F. The van der Waals surface area contributed by atoms with Gasteiger partial charge in [-0.2, -0.15) is 13.2 Å². The molecule has 0 radical (unpaired) electrons. The van der Waals surface area contributed by atoms with Gasteiger partial charge < -0.3 is 19.6 Å². The minimum absolute atomic E-state index is 0.00761. The van der Waals surface area contributed by atoms with Crippen LogP contribution in [-0.4, -0.2) is 81.4 Å². The normalized spacial score (nSPS) is 18.1. The molecule has 1 spiro atoms. The van der Waals surface area contributed by atoms with Gasteiger partial charge in [0.2, 0.25) is 5.95 Å². The van der Waals surface area contributed by atoms with Gasteiger partial charge in [-0.05, 0) is 25.3 Å². The molecule has 0 aromatic carbocycles. The third kappa shape index (κ3) is 5.91. The van der Waals surface area contributed by atoms with Crippen molar-refractivity contribution in [3.63, 3.8) is 0 Å². The number of aliphatic carboxylic acids is 1. The molecule has 13 heteroatoms. The van der Waals surface area contributed by atoms with Crippen LogP contribution >= 0.6 is 11.3 Å². The van der Waals surface area contributed by atoms with Crippen molar-refractivity contribution in [3.8, 4) is 0 Å². The predicted octanol–water partition coefficient (Wildman–Crippen LogP) is 2.39. The Morgan fingerprint density at radius 1 is 1.16 bits per heavy atom. The zero-order valence-corrected chi connectivity index (χ0v) is 18.0. The third-order valence-corrected chi connectivity index (χ3v) is 5.74. The summed E-state index contributed by atoms with van der Waals surface area (Å²) < 4.78 is 37.9. The standard InChI is InChI=1S/C17H21N5O2S.C2HF3O2/c1-13-8-18-16(19-9-13)21-4-2-17(3-5-21)11-22(6-7-24-17)15(23)14-10-25-12-20-14;3-2(4,5)1(6)7/h8-10,12H,2-7,11H2,1H3;(H,6,7). The number of nitrogens with zero attached hydrogens (tertiary/aromatic N) is 5. The van der Waals surface area contributed by atoms with Crippen molar-refractivity contribution in [2.24, 2.45) is 0 Å².